The van der Waals surface area contributed by atoms with E-state index in [9.17, 15) is 9.90 Å². The second-order valence-corrected chi connectivity index (χ2v) is 5.57. The Morgan fingerprint density at radius 2 is 1.85 bits per heavy atom. The maximum absolute atomic E-state index is 11.1. The third kappa shape index (κ3) is 7.29. The van der Waals surface area contributed by atoms with Gasteiger partial charge in [-0.3, -0.25) is 4.79 Å². The van der Waals surface area contributed by atoms with Crippen LogP contribution in [0.5, 0.6) is 0 Å². The molecular weight excluding hydrogens is 250 g/mol. The van der Waals surface area contributed by atoms with E-state index in [1.54, 1.807) is 18.7 Å². The molecule has 1 N–H and O–H groups in total. The topological polar surface area (TPSA) is 40.5 Å². The number of hydrogen-bond donors (Lipinski definition) is 1. The molecule has 114 valence electrons. The van der Waals surface area contributed by atoms with E-state index in [1.807, 2.05) is 27.7 Å². The lowest BCUT2D eigenvalue weighted by Gasteiger charge is -2.23. The number of carbonyl (C=O) groups excluding carboxylic acids is 1. The van der Waals surface area contributed by atoms with Gasteiger partial charge in [0.25, 0.3) is 0 Å². The van der Waals surface area contributed by atoms with E-state index in [2.05, 4.69) is 18.2 Å². The summed E-state index contributed by atoms with van der Waals surface area (Å²) in [4.78, 5) is 12.8. The van der Waals surface area contributed by atoms with Crippen molar-refractivity contribution in [1.29, 1.82) is 0 Å². The minimum absolute atomic E-state index is 0.570. The van der Waals surface area contributed by atoms with Gasteiger partial charge >= 0.3 is 0 Å². The molecule has 0 heterocycles. The molecule has 0 bridgehead atoms. The molecule has 1 rings (SSSR count). The number of benzene rings is 1. The number of carbonyl (C=O) groups is 1. The molecule has 0 saturated carbocycles. The molecule has 20 heavy (non-hydrogen) atoms. The minimum atomic E-state index is -0.733. The Morgan fingerprint density at radius 1 is 1.25 bits per heavy atom. The average molecular weight is 279 g/mol. The summed E-state index contributed by atoms with van der Waals surface area (Å²) in [6.45, 7) is 12.8. The summed E-state index contributed by atoms with van der Waals surface area (Å²) in [6, 6.07) is 6.25. The van der Waals surface area contributed by atoms with E-state index < -0.39 is 5.60 Å². The van der Waals surface area contributed by atoms with Gasteiger partial charge in [0.1, 0.15) is 0 Å². The average Bonchev–Trinajstić information content (AvgIpc) is 2.39. The third-order valence-corrected chi connectivity index (χ3v) is 3.04. The maximum atomic E-state index is 11.1. The Bertz CT molecular complexity index is 408. The molecule has 3 heteroatoms. The highest BCUT2D eigenvalue weighted by molar-refractivity contribution is 5.48. The van der Waals surface area contributed by atoms with Crippen molar-refractivity contribution < 1.29 is 9.90 Å². The van der Waals surface area contributed by atoms with Crippen molar-refractivity contribution in [1.82, 2.24) is 4.90 Å². The summed E-state index contributed by atoms with van der Waals surface area (Å²) in [7, 11) is 0. The zero-order chi connectivity index (χ0) is 15.8. The van der Waals surface area contributed by atoms with E-state index >= 15 is 0 Å². The predicted octanol–water partition coefficient (Wildman–Crippen LogP) is 3.45. The summed E-state index contributed by atoms with van der Waals surface area (Å²) >= 11 is 0. The van der Waals surface area contributed by atoms with Gasteiger partial charge in [-0.1, -0.05) is 37.6 Å². The quantitative estimate of drug-likeness (QED) is 0.810. The molecule has 0 aliphatic rings. The van der Waals surface area contributed by atoms with Crippen LogP contribution in [0.3, 0.4) is 0 Å². The number of amides is 1. The van der Waals surface area contributed by atoms with Gasteiger partial charge in [-0.2, -0.15) is 0 Å². The minimum Gasteiger partial charge on any atom is -0.390 e. The van der Waals surface area contributed by atoms with E-state index in [4.69, 9.17) is 0 Å². The molecule has 0 atom stereocenters. The SMILES string of the molecule is CC.Cc1ccc(C)c(CN(C=O)CCC(C)(C)O)c1. The first kappa shape index (κ1) is 18.7. The summed E-state index contributed by atoms with van der Waals surface area (Å²) in [5, 5.41) is 9.68. The van der Waals surface area contributed by atoms with Crippen molar-refractivity contribution >= 4 is 6.41 Å². The smallest absolute Gasteiger partial charge is 0.210 e. The van der Waals surface area contributed by atoms with Crippen molar-refractivity contribution in [3.05, 3.63) is 34.9 Å². The molecule has 1 amide bonds. The van der Waals surface area contributed by atoms with Crippen LogP contribution in [0.2, 0.25) is 0 Å². The lowest BCUT2D eigenvalue weighted by Crippen LogP contribution is -2.30. The molecule has 0 aromatic heterocycles. The lowest BCUT2D eigenvalue weighted by molar-refractivity contribution is -0.119. The first-order valence-corrected chi connectivity index (χ1v) is 7.30. The molecular formula is C17H29NO2. The van der Waals surface area contributed by atoms with Gasteiger partial charge in [0.2, 0.25) is 6.41 Å². The fourth-order valence-electron chi connectivity index (χ4n) is 1.78. The van der Waals surface area contributed by atoms with Crippen LogP contribution in [0.1, 0.15) is 50.8 Å². The van der Waals surface area contributed by atoms with Crippen LogP contribution in [0.4, 0.5) is 0 Å². The standard InChI is InChI=1S/C15H23NO2.C2H6/c1-12-5-6-13(2)14(9-12)10-16(11-17)8-7-15(3,4)18;1-2/h5-6,9,11,18H,7-8,10H2,1-4H3;1-2H3. The predicted molar refractivity (Wildman–Crippen MR) is 84.7 cm³/mol. The van der Waals surface area contributed by atoms with Crippen LogP contribution in [0.15, 0.2) is 18.2 Å². The van der Waals surface area contributed by atoms with Gasteiger partial charge in [0, 0.05) is 13.1 Å². The first-order chi connectivity index (χ1) is 9.31. The summed E-state index contributed by atoms with van der Waals surface area (Å²) in [5.74, 6) is 0. The second kappa shape index (κ2) is 8.75. The maximum Gasteiger partial charge on any atom is 0.210 e. The number of nitrogens with zero attached hydrogens (tertiary/aromatic N) is 1. The molecule has 0 fully saturated rings. The Labute approximate surface area is 123 Å². The Hall–Kier alpha value is -1.35. The summed E-state index contributed by atoms with van der Waals surface area (Å²) in [5.41, 5.74) is 2.82. The van der Waals surface area contributed by atoms with Crippen molar-refractivity contribution in [3.63, 3.8) is 0 Å². The second-order valence-electron chi connectivity index (χ2n) is 5.57. The fourth-order valence-corrected chi connectivity index (χ4v) is 1.78. The van der Waals surface area contributed by atoms with Crippen LogP contribution in [0.25, 0.3) is 0 Å². The Balaban J connectivity index is 0.00000172. The van der Waals surface area contributed by atoms with Gasteiger partial charge < -0.3 is 10.0 Å². The number of rotatable bonds is 6. The van der Waals surface area contributed by atoms with Crippen molar-refractivity contribution in [3.8, 4) is 0 Å². The summed E-state index contributed by atoms with van der Waals surface area (Å²) < 4.78 is 0. The van der Waals surface area contributed by atoms with E-state index in [-0.39, 0.29) is 0 Å². The number of aliphatic hydroxyl groups is 1. The number of aryl methyl sites for hydroxylation is 2. The van der Waals surface area contributed by atoms with Gasteiger partial charge in [-0.05, 0) is 45.2 Å². The molecule has 3 nitrogen and oxygen atoms in total. The molecule has 1 aromatic rings. The van der Waals surface area contributed by atoms with Crippen LogP contribution >= 0.6 is 0 Å². The third-order valence-electron chi connectivity index (χ3n) is 3.04. The van der Waals surface area contributed by atoms with Crippen LogP contribution in [-0.2, 0) is 11.3 Å². The highest BCUT2D eigenvalue weighted by atomic mass is 16.3. The van der Waals surface area contributed by atoms with E-state index in [0.29, 0.717) is 19.5 Å². The molecule has 0 unspecified atom stereocenters. The Kier molecular flexibility index (Phi) is 8.16. The van der Waals surface area contributed by atoms with Gasteiger partial charge in [-0.15, -0.1) is 0 Å². The lowest BCUT2D eigenvalue weighted by atomic mass is 10.0. The zero-order valence-electron chi connectivity index (χ0n) is 13.7. The van der Waals surface area contributed by atoms with Gasteiger partial charge in [0.15, 0.2) is 0 Å². The van der Waals surface area contributed by atoms with Crippen molar-refractivity contribution in [2.24, 2.45) is 0 Å². The molecule has 1 aromatic carbocycles. The molecule has 0 aliphatic carbocycles. The van der Waals surface area contributed by atoms with Crippen LogP contribution in [-0.4, -0.2) is 28.6 Å². The first-order valence-electron chi connectivity index (χ1n) is 7.30. The highest BCUT2D eigenvalue weighted by Crippen LogP contribution is 2.14. The monoisotopic (exact) mass is 279 g/mol. The van der Waals surface area contributed by atoms with Gasteiger partial charge in [0.05, 0.1) is 5.60 Å². The molecule has 0 aliphatic heterocycles. The van der Waals surface area contributed by atoms with Crippen LogP contribution < -0.4 is 0 Å². The van der Waals surface area contributed by atoms with E-state index in [1.165, 1.54) is 11.1 Å². The molecule has 0 radical (unpaired) electrons. The zero-order valence-corrected chi connectivity index (χ0v) is 13.7. The van der Waals surface area contributed by atoms with Crippen LogP contribution in [0, 0.1) is 13.8 Å². The number of hydrogen-bond acceptors (Lipinski definition) is 2. The summed E-state index contributed by atoms with van der Waals surface area (Å²) in [6.07, 6.45) is 1.43. The Morgan fingerprint density at radius 3 is 2.35 bits per heavy atom. The molecule has 0 saturated heterocycles. The van der Waals surface area contributed by atoms with Crippen molar-refractivity contribution in [2.75, 3.05) is 6.54 Å². The van der Waals surface area contributed by atoms with Crippen molar-refractivity contribution in [2.45, 2.75) is 60.1 Å². The highest BCUT2D eigenvalue weighted by Gasteiger charge is 2.14. The molecule has 0 spiro atoms. The van der Waals surface area contributed by atoms with Gasteiger partial charge in [-0.25, -0.2) is 0 Å². The normalized spacial score (nSPS) is 10.6. The largest absolute Gasteiger partial charge is 0.390 e. The fraction of sp³-hybridized carbons (Fsp3) is 0.588. The van der Waals surface area contributed by atoms with E-state index in [0.717, 1.165) is 12.0 Å².